The molecule has 5 rings (SSSR count). The SMILES string of the molecule is CCOCc1ccccc1.OCC(CC(O)c1ccc(Cl)c(Cc2ccc(OCCOC3CC3)cc2)c1)OCc1ccccc1. The third-order valence-electron chi connectivity index (χ3n) is 7.34. The second kappa shape index (κ2) is 19.3. The maximum absolute atomic E-state index is 10.8. The maximum Gasteiger partial charge on any atom is 0.119 e. The summed E-state index contributed by atoms with van der Waals surface area (Å²) < 4.78 is 22.4. The van der Waals surface area contributed by atoms with Crippen molar-refractivity contribution in [2.24, 2.45) is 0 Å². The predicted molar refractivity (Wildman–Crippen MR) is 179 cm³/mol. The molecule has 2 atom stereocenters. The summed E-state index contributed by atoms with van der Waals surface area (Å²) in [6, 6.07) is 33.5. The molecule has 0 bridgehead atoms. The fourth-order valence-electron chi connectivity index (χ4n) is 4.63. The molecule has 2 N–H and O–H groups in total. The summed E-state index contributed by atoms with van der Waals surface area (Å²) in [5.74, 6) is 0.814. The lowest BCUT2D eigenvalue weighted by Gasteiger charge is -2.20. The third-order valence-corrected chi connectivity index (χ3v) is 7.71. The van der Waals surface area contributed by atoms with Crippen LogP contribution in [0, 0.1) is 0 Å². The van der Waals surface area contributed by atoms with Gasteiger partial charge in [-0.2, -0.15) is 0 Å². The van der Waals surface area contributed by atoms with Gasteiger partial charge in [-0.15, -0.1) is 0 Å². The molecule has 0 saturated heterocycles. The van der Waals surface area contributed by atoms with Gasteiger partial charge in [0.1, 0.15) is 12.4 Å². The number of aliphatic hydroxyl groups excluding tert-OH is 2. The van der Waals surface area contributed by atoms with E-state index in [1.165, 1.54) is 18.4 Å². The Bertz CT molecular complexity index is 1360. The first kappa shape index (κ1) is 34.6. The molecular formula is C38H45ClO6. The Kier molecular flexibility index (Phi) is 14.9. The van der Waals surface area contributed by atoms with Gasteiger partial charge in [0.25, 0.3) is 0 Å². The van der Waals surface area contributed by atoms with Crippen LogP contribution < -0.4 is 4.74 Å². The third kappa shape index (κ3) is 13.0. The number of hydrogen-bond donors (Lipinski definition) is 2. The van der Waals surface area contributed by atoms with Gasteiger partial charge >= 0.3 is 0 Å². The fourth-order valence-corrected chi connectivity index (χ4v) is 4.82. The molecule has 7 heteroatoms. The van der Waals surface area contributed by atoms with E-state index in [2.05, 4.69) is 12.1 Å². The molecule has 1 fully saturated rings. The highest BCUT2D eigenvalue weighted by Crippen LogP contribution is 2.28. The number of halogens is 1. The van der Waals surface area contributed by atoms with E-state index < -0.39 is 12.2 Å². The average Bonchev–Trinajstić information content (AvgIpc) is 3.91. The molecule has 4 aromatic rings. The normalized spacial score (nSPS) is 13.9. The number of rotatable bonds is 17. The Balaban J connectivity index is 0.000000392. The smallest absolute Gasteiger partial charge is 0.119 e. The second-order valence-electron chi connectivity index (χ2n) is 11.1. The van der Waals surface area contributed by atoms with E-state index in [1.807, 2.05) is 97.9 Å². The monoisotopic (exact) mass is 632 g/mol. The molecule has 0 aromatic heterocycles. The largest absolute Gasteiger partial charge is 0.491 e. The van der Waals surface area contributed by atoms with Crippen LogP contribution in [0.25, 0.3) is 0 Å². The summed E-state index contributed by atoms with van der Waals surface area (Å²) in [5.41, 5.74) is 5.04. The quantitative estimate of drug-likeness (QED) is 0.116. The van der Waals surface area contributed by atoms with Gasteiger partial charge in [0, 0.05) is 18.1 Å². The molecule has 0 spiro atoms. The first-order valence-corrected chi connectivity index (χ1v) is 16.1. The topological polar surface area (TPSA) is 77.4 Å². The van der Waals surface area contributed by atoms with Gasteiger partial charge in [-0.3, -0.25) is 0 Å². The first-order chi connectivity index (χ1) is 22.0. The highest BCUT2D eigenvalue weighted by atomic mass is 35.5. The molecule has 0 amide bonds. The molecule has 0 radical (unpaired) electrons. The Labute approximate surface area is 272 Å². The highest BCUT2D eigenvalue weighted by molar-refractivity contribution is 6.31. The highest BCUT2D eigenvalue weighted by Gasteiger charge is 2.21. The zero-order chi connectivity index (χ0) is 31.7. The van der Waals surface area contributed by atoms with Crippen molar-refractivity contribution in [3.05, 3.63) is 136 Å². The van der Waals surface area contributed by atoms with Gasteiger partial charge in [-0.1, -0.05) is 96.5 Å². The van der Waals surface area contributed by atoms with Crippen LogP contribution in [0.2, 0.25) is 5.02 Å². The maximum atomic E-state index is 10.8. The molecule has 4 aromatic carbocycles. The second-order valence-corrected chi connectivity index (χ2v) is 11.5. The molecule has 1 aliphatic rings. The molecule has 240 valence electrons. The summed E-state index contributed by atoms with van der Waals surface area (Å²) in [5, 5.41) is 21.2. The van der Waals surface area contributed by atoms with E-state index in [-0.39, 0.29) is 6.61 Å². The summed E-state index contributed by atoms with van der Waals surface area (Å²) in [6.07, 6.45) is 2.47. The molecule has 0 aliphatic heterocycles. The minimum Gasteiger partial charge on any atom is -0.491 e. The van der Waals surface area contributed by atoms with Crippen molar-refractivity contribution in [3.63, 3.8) is 0 Å². The van der Waals surface area contributed by atoms with E-state index >= 15 is 0 Å². The van der Waals surface area contributed by atoms with E-state index in [4.69, 9.17) is 30.5 Å². The Morgan fingerprint density at radius 3 is 2.09 bits per heavy atom. The number of aliphatic hydroxyl groups is 2. The molecule has 1 saturated carbocycles. The lowest BCUT2D eigenvalue weighted by Crippen LogP contribution is -2.21. The first-order valence-electron chi connectivity index (χ1n) is 15.7. The Morgan fingerprint density at radius 2 is 1.47 bits per heavy atom. The van der Waals surface area contributed by atoms with Crippen molar-refractivity contribution in [2.75, 3.05) is 26.4 Å². The summed E-state index contributed by atoms with van der Waals surface area (Å²) in [4.78, 5) is 0. The Morgan fingerprint density at radius 1 is 0.800 bits per heavy atom. The summed E-state index contributed by atoms with van der Waals surface area (Å²) in [7, 11) is 0. The van der Waals surface area contributed by atoms with Gasteiger partial charge in [0.2, 0.25) is 0 Å². The van der Waals surface area contributed by atoms with Crippen molar-refractivity contribution in [3.8, 4) is 5.75 Å². The zero-order valence-electron chi connectivity index (χ0n) is 26.0. The zero-order valence-corrected chi connectivity index (χ0v) is 26.8. The molecule has 6 nitrogen and oxygen atoms in total. The van der Waals surface area contributed by atoms with Gasteiger partial charge in [0.05, 0.1) is 44.7 Å². The van der Waals surface area contributed by atoms with Crippen LogP contribution in [0.4, 0.5) is 0 Å². The van der Waals surface area contributed by atoms with Crippen molar-refractivity contribution in [1.82, 2.24) is 0 Å². The number of benzene rings is 4. The van der Waals surface area contributed by atoms with Crippen LogP contribution in [0.5, 0.6) is 5.75 Å². The average molecular weight is 633 g/mol. The van der Waals surface area contributed by atoms with Gasteiger partial charge in [-0.25, -0.2) is 0 Å². The van der Waals surface area contributed by atoms with E-state index in [0.29, 0.717) is 43.8 Å². The molecule has 2 unspecified atom stereocenters. The Hall–Kier alpha value is -3.23. The van der Waals surface area contributed by atoms with Crippen LogP contribution in [0.3, 0.4) is 0 Å². The van der Waals surface area contributed by atoms with Crippen molar-refractivity contribution in [2.45, 2.75) is 64.1 Å². The predicted octanol–water partition coefficient (Wildman–Crippen LogP) is 7.71. The summed E-state index contributed by atoms with van der Waals surface area (Å²) >= 11 is 6.46. The molecule has 45 heavy (non-hydrogen) atoms. The fraction of sp³-hybridized carbons (Fsp3) is 0.368. The van der Waals surface area contributed by atoms with Crippen LogP contribution in [0.15, 0.2) is 103 Å². The van der Waals surface area contributed by atoms with Crippen molar-refractivity contribution >= 4 is 11.6 Å². The van der Waals surface area contributed by atoms with Gasteiger partial charge in [-0.05, 0) is 72.2 Å². The van der Waals surface area contributed by atoms with Crippen LogP contribution in [0.1, 0.15) is 60.1 Å². The van der Waals surface area contributed by atoms with E-state index in [9.17, 15) is 10.2 Å². The molecule has 0 heterocycles. The van der Waals surface area contributed by atoms with Crippen LogP contribution in [-0.4, -0.2) is 48.8 Å². The minimum atomic E-state index is -0.771. The van der Waals surface area contributed by atoms with E-state index in [1.54, 1.807) is 0 Å². The van der Waals surface area contributed by atoms with Crippen molar-refractivity contribution in [1.29, 1.82) is 0 Å². The van der Waals surface area contributed by atoms with Crippen LogP contribution >= 0.6 is 11.6 Å². The number of hydrogen-bond acceptors (Lipinski definition) is 6. The van der Waals surface area contributed by atoms with E-state index in [0.717, 1.165) is 41.2 Å². The molecular weight excluding hydrogens is 588 g/mol. The lowest BCUT2D eigenvalue weighted by atomic mass is 9.98. The molecule has 1 aliphatic carbocycles. The van der Waals surface area contributed by atoms with Gasteiger partial charge < -0.3 is 29.2 Å². The minimum absolute atomic E-state index is 0.161. The standard InChI is InChI=1S/C29H33ClO5.C9H12O/c30-28-13-8-23(29(32)18-27(19-31)35-20-22-4-2-1-3-5-22)17-24(28)16-21-6-9-25(10-7-21)33-14-15-34-26-11-12-26;1-2-10-8-9-6-4-3-5-7-9/h1-10,13,17,26-27,29,31-32H,11-12,14-16,18-20H2;3-7H,2,8H2,1H3. The summed E-state index contributed by atoms with van der Waals surface area (Å²) in [6.45, 7) is 4.91. The van der Waals surface area contributed by atoms with Crippen LogP contribution in [-0.2, 0) is 33.8 Å². The van der Waals surface area contributed by atoms with Crippen molar-refractivity contribution < 1.29 is 29.2 Å². The van der Waals surface area contributed by atoms with Gasteiger partial charge in [0.15, 0.2) is 0 Å². The lowest BCUT2D eigenvalue weighted by molar-refractivity contribution is -0.0265. The number of ether oxygens (including phenoxy) is 4.